The first kappa shape index (κ1) is 20.4. The third-order valence-corrected chi connectivity index (χ3v) is 6.17. The fraction of sp³-hybridized carbons (Fsp3) is 0.174. The summed E-state index contributed by atoms with van der Waals surface area (Å²) in [5.74, 6) is 0.608. The maximum Gasteiger partial charge on any atom is 0.244 e. The Morgan fingerprint density at radius 2 is 2.00 bits per heavy atom. The molecular weight excluding hydrogens is 416 g/mol. The van der Waals surface area contributed by atoms with Gasteiger partial charge in [0.1, 0.15) is 6.54 Å². The van der Waals surface area contributed by atoms with E-state index in [1.165, 1.54) is 11.1 Å². The van der Waals surface area contributed by atoms with Crippen molar-refractivity contribution >= 4 is 46.0 Å². The fourth-order valence-electron chi connectivity index (χ4n) is 3.18. The second-order valence-corrected chi connectivity index (χ2v) is 8.44. The molecule has 0 unspecified atom stereocenters. The Bertz CT molecular complexity index is 1220. The lowest BCUT2D eigenvalue weighted by atomic mass is 10.1. The number of benzene rings is 2. The number of nitrogens with one attached hydrogen (secondary N) is 1. The number of anilines is 1. The average Bonchev–Trinajstić information content (AvgIpc) is 3.07. The minimum atomic E-state index is -0.165. The van der Waals surface area contributed by atoms with Gasteiger partial charge in [0, 0.05) is 11.9 Å². The molecule has 7 heteroatoms. The summed E-state index contributed by atoms with van der Waals surface area (Å²) in [7, 11) is 0. The lowest BCUT2D eigenvalue weighted by molar-refractivity contribution is -0.116. The molecule has 0 bridgehead atoms. The largest absolute Gasteiger partial charge is 0.323 e. The van der Waals surface area contributed by atoms with Crippen molar-refractivity contribution in [1.29, 1.82) is 0 Å². The Balaban J connectivity index is 1.58. The highest BCUT2D eigenvalue weighted by atomic mass is 35.5. The number of imidazole rings is 1. The number of nitrogens with zero attached hydrogens (tertiary/aromatic N) is 3. The van der Waals surface area contributed by atoms with Crippen molar-refractivity contribution < 1.29 is 4.79 Å². The Kier molecular flexibility index (Phi) is 6.06. The van der Waals surface area contributed by atoms with Gasteiger partial charge in [-0.15, -0.1) is 0 Å². The molecule has 2 aromatic heterocycles. The third-order valence-electron chi connectivity index (χ3n) is 4.83. The van der Waals surface area contributed by atoms with Gasteiger partial charge < -0.3 is 9.88 Å². The van der Waals surface area contributed by atoms with Gasteiger partial charge >= 0.3 is 0 Å². The lowest BCUT2D eigenvalue weighted by Crippen LogP contribution is -2.19. The zero-order valence-electron chi connectivity index (χ0n) is 16.7. The molecule has 1 amide bonds. The number of pyridine rings is 1. The zero-order chi connectivity index (χ0) is 21.1. The van der Waals surface area contributed by atoms with E-state index in [-0.39, 0.29) is 12.5 Å². The van der Waals surface area contributed by atoms with Crippen LogP contribution in [0, 0.1) is 13.8 Å². The number of hydrogen-bond donors (Lipinski definition) is 1. The molecule has 0 aliphatic heterocycles. The van der Waals surface area contributed by atoms with Crippen LogP contribution >= 0.6 is 23.4 Å². The van der Waals surface area contributed by atoms with E-state index in [1.54, 1.807) is 24.2 Å². The molecule has 2 aromatic carbocycles. The summed E-state index contributed by atoms with van der Waals surface area (Å²) in [4.78, 5) is 21.7. The molecule has 5 nitrogen and oxygen atoms in total. The summed E-state index contributed by atoms with van der Waals surface area (Å²) in [5, 5.41) is 4.21. The van der Waals surface area contributed by atoms with E-state index in [9.17, 15) is 4.79 Å². The van der Waals surface area contributed by atoms with E-state index in [0.29, 0.717) is 10.7 Å². The van der Waals surface area contributed by atoms with Crippen molar-refractivity contribution in [2.24, 2.45) is 0 Å². The number of rotatable bonds is 6. The van der Waals surface area contributed by atoms with Crippen molar-refractivity contribution in [2.45, 2.75) is 31.3 Å². The highest BCUT2D eigenvalue weighted by molar-refractivity contribution is 7.98. The van der Waals surface area contributed by atoms with Gasteiger partial charge in [0.25, 0.3) is 0 Å². The van der Waals surface area contributed by atoms with Crippen LogP contribution in [0.4, 0.5) is 5.69 Å². The predicted molar refractivity (Wildman–Crippen MR) is 123 cm³/mol. The molecule has 0 fully saturated rings. The number of fused-ring (bicyclic) bond motifs is 1. The van der Waals surface area contributed by atoms with Gasteiger partial charge in [0.2, 0.25) is 5.91 Å². The zero-order valence-corrected chi connectivity index (χ0v) is 18.3. The van der Waals surface area contributed by atoms with Crippen LogP contribution in [-0.4, -0.2) is 20.4 Å². The minimum absolute atomic E-state index is 0.127. The Hall–Kier alpha value is -2.83. The molecule has 4 rings (SSSR count). The quantitative estimate of drug-likeness (QED) is 0.398. The molecule has 0 aliphatic carbocycles. The van der Waals surface area contributed by atoms with E-state index in [1.807, 2.05) is 47.9 Å². The fourth-order valence-corrected chi connectivity index (χ4v) is 4.55. The lowest BCUT2D eigenvalue weighted by Gasteiger charge is -2.11. The van der Waals surface area contributed by atoms with Crippen molar-refractivity contribution in [3.05, 3.63) is 82.6 Å². The summed E-state index contributed by atoms with van der Waals surface area (Å²) in [6.07, 6.45) is 3.45. The number of thioether (sulfide) groups is 1. The number of aromatic nitrogens is 3. The standard InChI is InChI=1S/C23H21ClN4OS/c1-15-7-8-19(18(24)11-15)26-22(29)13-28-21-12-25-10-9-20(21)27-23(28)30-14-17-6-4-3-5-16(17)2/h3-12H,13-14H2,1-2H3,(H,26,29). The molecule has 0 aliphatic rings. The van der Waals surface area contributed by atoms with Gasteiger partial charge in [-0.3, -0.25) is 9.78 Å². The van der Waals surface area contributed by atoms with Crippen LogP contribution in [-0.2, 0) is 17.1 Å². The van der Waals surface area contributed by atoms with E-state index in [2.05, 4.69) is 29.4 Å². The van der Waals surface area contributed by atoms with Gasteiger partial charge in [-0.25, -0.2) is 4.98 Å². The third kappa shape index (κ3) is 4.50. The first-order chi connectivity index (χ1) is 14.5. The summed E-state index contributed by atoms with van der Waals surface area (Å²) in [6.45, 7) is 4.18. The van der Waals surface area contributed by atoms with Crippen LogP contribution in [0.1, 0.15) is 16.7 Å². The summed E-state index contributed by atoms with van der Waals surface area (Å²) in [5.41, 5.74) is 5.77. The molecular formula is C23H21ClN4OS. The number of hydrogen-bond acceptors (Lipinski definition) is 4. The average molecular weight is 437 g/mol. The number of carbonyl (C=O) groups is 1. The van der Waals surface area contributed by atoms with E-state index < -0.39 is 0 Å². The van der Waals surface area contributed by atoms with Crippen LogP contribution in [0.15, 0.2) is 66.1 Å². The summed E-state index contributed by atoms with van der Waals surface area (Å²) < 4.78 is 1.91. The molecule has 0 saturated heterocycles. The number of carbonyl (C=O) groups excluding carboxylic acids is 1. The highest BCUT2D eigenvalue weighted by Crippen LogP contribution is 2.28. The first-order valence-electron chi connectivity index (χ1n) is 9.55. The van der Waals surface area contributed by atoms with Crippen molar-refractivity contribution in [2.75, 3.05) is 5.32 Å². The Morgan fingerprint density at radius 3 is 2.80 bits per heavy atom. The molecule has 0 radical (unpaired) electrons. The second-order valence-electron chi connectivity index (χ2n) is 7.09. The highest BCUT2D eigenvalue weighted by Gasteiger charge is 2.16. The molecule has 0 atom stereocenters. The van der Waals surface area contributed by atoms with Crippen LogP contribution < -0.4 is 5.32 Å². The van der Waals surface area contributed by atoms with Gasteiger partial charge in [0.05, 0.1) is 27.9 Å². The first-order valence-corrected chi connectivity index (χ1v) is 10.9. The van der Waals surface area contributed by atoms with Crippen molar-refractivity contribution in [3.8, 4) is 0 Å². The van der Waals surface area contributed by atoms with Gasteiger partial charge in [0.15, 0.2) is 5.16 Å². The monoisotopic (exact) mass is 436 g/mol. The normalized spacial score (nSPS) is 11.0. The van der Waals surface area contributed by atoms with Crippen LogP contribution in [0.5, 0.6) is 0 Å². The van der Waals surface area contributed by atoms with Crippen LogP contribution in [0.25, 0.3) is 11.0 Å². The summed E-state index contributed by atoms with van der Waals surface area (Å²) >= 11 is 7.88. The van der Waals surface area contributed by atoms with Crippen LogP contribution in [0.3, 0.4) is 0 Å². The summed E-state index contributed by atoms with van der Waals surface area (Å²) in [6, 6.07) is 15.7. The van der Waals surface area contributed by atoms with Gasteiger partial charge in [-0.2, -0.15) is 0 Å². The molecule has 2 heterocycles. The Labute approximate surface area is 184 Å². The maximum absolute atomic E-state index is 12.8. The second kappa shape index (κ2) is 8.90. The molecule has 4 aromatic rings. The smallest absolute Gasteiger partial charge is 0.244 e. The van der Waals surface area contributed by atoms with Gasteiger partial charge in [-0.05, 0) is 48.7 Å². The van der Waals surface area contributed by atoms with E-state index in [4.69, 9.17) is 16.6 Å². The predicted octanol–water partition coefficient (Wildman–Crippen LogP) is 5.63. The van der Waals surface area contributed by atoms with Gasteiger partial charge in [-0.1, -0.05) is 53.7 Å². The maximum atomic E-state index is 12.8. The van der Waals surface area contributed by atoms with Crippen molar-refractivity contribution in [3.63, 3.8) is 0 Å². The minimum Gasteiger partial charge on any atom is -0.323 e. The molecule has 0 spiro atoms. The topological polar surface area (TPSA) is 59.8 Å². The SMILES string of the molecule is Cc1ccc(NC(=O)Cn2c(SCc3ccccc3C)nc3ccncc32)c(Cl)c1. The number of aryl methyl sites for hydroxylation is 2. The van der Waals surface area contributed by atoms with Crippen LogP contribution in [0.2, 0.25) is 5.02 Å². The number of amides is 1. The molecule has 0 saturated carbocycles. The molecule has 1 N–H and O–H groups in total. The molecule has 152 valence electrons. The Morgan fingerprint density at radius 1 is 1.17 bits per heavy atom. The number of halogens is 1. The molecule has 30 heavy (non-hydrogen) atoms. The van der Waals surface area contributed by atoms with E-state index in [0.717, 1.165) is 27.5 Å². The van der Waals surface area contributed by atoms with E-state index >= 15 is 0 Å². The van der Waals surface area contributed by atoms with Crippen molar-refractivity contribution in [1.82, 2.24) is 14.5 Å².